The van der Waals surface area contributed by atoms with Crippen molar-refractivity contribution in [2.75, 3.05) is 13.2 Å². The summed E-state index contributed by atoms with van der Waals surface area (Å²) < 4.78 is 5.95. The number of ether oxygens (including phenoxy) is 1. The molecule has 1 amide bonds. The van der Waals surface area contributed by atoms with E-state index in [0.717, 1.165) is 45.3 Å². The van der Waals surface area contributed by atoms with E-state index in [-0.39, 0.29) is 24.0 Å². The van der Waals surface area contributed by atoms with Crippen LogP contribution in [0.3, 0.4) is 0 Å². The molecule has 3 fully saturated rings. The van der Waals surface area contributed by atoms with Gasteiger partial charge in [-0.05, 0) is 56.6 Å². The third kappa shape index (κ3) is 3.69. The van der Waals surface area contributed by atoms with Gasteiger partial charge in [0.25, 0.3) is 5.91 Å². The molecule has 2 saturated carbocycles. The number of likely N-dealkylation sites (tertiary alicyclic amines) is 1. The lowest BCUT2D eigenvalue weighted by atomic mass is 9.80. The highest BCUT2D eigenvalue weighted by Crippen LogP contribution is 2.36. The molecule has 0 aromatic heterocycles. The topological polar surface area (TPSA) is 49.8 Å². The lowest BCUT2D eigenvalue weighted by Crippen LogP contribution is -2.45. The number of hydrogen-bond donors (Lipinski definition) is 1. The predicted octanol–water partition coefficient (Wildman–Crippen LogP) is 3.63. The summed E-state index contributed by atoms with van der Waals surface area (Å²) in [7, 11) is 0. The molecule has 0 bridgehead atoms. The SMILES string of the molecule is O=C(c1ccccc1OCC1CC1)N1CCC[C@@H]1[C@@H]1CCCC[C@@H]1O. The van der Waals surface area contributed by atoms with Gasteiger partial charge >= 0.3 is 0 Å². The Morgan fingerprint density at radius 2 is 1.88 bits per heavy atom. The molecular formula is C21H29NO3. The van der Waals surface area contributed by atoms with E-state index in [0.29, 0.717) is 17.2 Å². The summed E-state index contributed by atoms with van der Waals surface area (Å²) in [6.07, 6.45) is 8.46. The fraction of sp³-hybridized carbons (Fsp3) is 0.667. The van der Waals surface area contributed by atoms with Crippen LogP contribution in [-0.4, -0.2) is 41.2 Å². The summed E-state index contributed by atoms with van der Waals surface area (Å²) in [6.45, 7) is 1.51. The molecule has 25 heavy (non-hydrogen) atoms. The number of carbonyl (C=O) groups excluding carboxylic acids is 1. The Bertz CT molecular complexity index is 613. The zero-order chi connectivity index (χ0) is 17.2. The summed E-state index contributed by atoms with van der Waals surface area (Å²) in [6, 6.07) is 7.83. The van der Waals surface area contributed by atoms with Gasteiger partial charge in [-0.1, -0.05) is 25.0 Å². The first-order valence-electron chi connectivity index (χ1n) is 9.95. The van der Waals surface area contributed by atoms with Crippen LogP contribution >= 0.6 is 0 Å². The van der Waals surface area contributed by atoms with Gasteiger partial charge in [-0.15, -0.1) is 0 Å². The highest BCUT2D eigenvalue weighted by molar-refractivity contribution is 5.97. The Morgan fingerprint density at radius 3 is 2.68 bits per heavy atom. The van der Waals surface area contributed by atoms with Crippen molar-refractivity contribution in [3.8, 4) is 5.75 Å². The minimum Gasteiger partial charge on any atom is -0.492 e. The second-order valence-electron chi connectivity index (χ2n) is 7.97. The van der Waals surface area contributed by atoms with E-state index in [9.17, 15) is 9.90 Å². The van der Waals surface area contributed by atoms with Gasteiger partial charge in [0.05, 0.1) is 18.3 Å². The molecule has 1 aromatic carbocycles. The molecule has 0 unspecified atom stereocenters. The monoisotopic (exact) mass is 343 g/mol. The van der Waals surface area contributed by atoms with E-state index in [1.165, 1.54) is 19.3 Å². The van der Waals surface area contributed by atoms with Crippen molar-refractivity contribution in [1.29, 1.82) is 0 Å². The Balaban J connectivity index is 1.51. The second-order valence-corrected chi connectivity index (χ2v) is 7.97. The van der Waals surface area contributed by atoms with Crippen molar-refractivity contribution in [2.24, 2.45) is 11.8 Å². The van der Waals surface area contributed by atoms with E-state index in [1.807, 2.05) is 29.2 Å². The number of aliphatic hydroxyl groups is 1. The molecule has 4 rings (SSSR count). The lowest BCUT2D eigenvalue weighted by molar-refractivity contribution is 0.0210. The lowest BCUT2D eigenvalue weighted by Gasteiger charge is -2.37. The molecule has 1 aromatic rings. The van der Waals surface area contributed by atoms with Crippen LogP contribution in [0, 0.1) is 11.8 Å². The number of hydrogen-bond acceptors (Lipinski definition) is 3. The normalized spacial score (nSPS) is 29.6. The second kappa shape index (κ2) is 7.36. The summed E-state index contributed by atoms with van der Waals surface area (Å²) in [5, 5.41) is 10.4. The third-order valence-electron chi connectivity index (χ3n) is 6.12. The van der Waals surface area contributed by atoms with Crippen molar-refractivity contribution < 1.29 is 14.6 Å². The summed E-state index contributed by atoms with van der Waals surface area (Å²) in [4.78, 5) is 15.3. The predicted molar refractivity (Wildman–Crippen MR) is 96.7 cm³/mol. The van der Waals surface area contributed by atoms with Gasteiger partial charge in [-0.3, -0.25) is 4.79 Å². The first-order valence-corrected chi connectivity index (χ1v) is 9.95. The van der Waals surface area contributed by atoms with Gasteiger partial charge in [0.15, 0.2) is 0 Å². The first-order chi connectivity index (χ1) is 12.2. The number of amides is 1. The average Bonchev–Trinajstić information content (AvgIpc) is 3.35. The van der Waals surface area contributed by atoms with E-state index >= 15 is 0 Å². The molecule has 1 aliphatic heterocycles. The van der Waals surface area contributed by atoms with Gasteiger partial charge in [0, 0.05) is 18.5 Å². The Labute approximate surface area is 150 Å². The van der Waals surface area contributed by atoms with Crippen LogP contribution in [0.5, 0.6) is 5.75 Å². The molecule has 1 N–H and O–H groups in total. The number of rotatable bonds is 5. The molecule has 3 atom stereocenters. The van der Waals surface area contributed by atoms with E-state index in [4.69, 9.17) is 4.74 Å². The molecule has 0 spiro atoms. The largest absolute Gasteiger partial charge is 0.492 e. The zero-order valence-electron chi connectivity index (χ0n) is 14.9. The van der Waals surface area contributed by atoms with Crippen LogP contribution in [0.2, 0.25) is 0 Å². The molecule has 3 aliphatic rings. The number of nitrogens with zero attached hydrogens (tertiary/aromatic N) is 1. The van der Waals surface area contributed by atoms with Crippen LogP contribution in [0.25, 0.3) is 0 Å². The standard InChI is InChI=1S/C21H29NO3/c23-19-9-3-1-6-16(19)18-8-5-13-22(18)21(24)17-7-2-4-10-20(17)25-14-15-11-12-15/h2,4,7,10,15-16,18-19,23H,1,3,5-6,8-9,11-14H2/t16-,18+,19-/m0/s1. The van der Waals surface area contributed by atoms with Gasteiger partial charge in [0.2, 0.25) is 0 Å². The zero-order valence-corrected chi connectivity index (χ0v) is 14.9. The first kappa shape index (κ1) is 16.9. The maximum atomic E-state index is 13.3. The van der Waals surface area contributed by atoms with Crippen LogP contribution in [0.4, 0.5) is 0 Å². The van der Waals surface area contributed by atoms with E-state index in [1.54, 1.807) is 0 Å². The van der Waals surface area contributed by atoms with Crippen molar-refractivity contribution in [2.45, 2.75) is 63.5 Å². The van der Waals surface area contributed by atoms with Crippen molar-refractivity contribution in [3.63, 3.8) is 0 Å². The minimum atomic E-state index is -0.256. The van der Waals surface area contributed by atoms with Crippen molar-refractivity contribution in [1.82, 2.24) is 4.90 Å². The molecule has 4 heteroatoms. The van der Waals surface area contributed by atoms with Crippen molar-refractivity contribution in [3.05, 3.63) is 29.8 Å². The minimum absolute atomic E-state index is 0.0756. The van der Waals surface area contributed by atoms with Crippen LogP contribution in [-0.2, 0) is 0 Å². The third-order valence-corrected chi connectivity index (χ3v) is 6.12. The Morgan fingerprint density at radius 1 is 1.08 bits per heavy atom. The highest BCUT2D eigenvalue weighted by atomic mass is 16.5. The number of aliphatic hydroxyl groups excluding tert-OH is 1. The molecular weight excluding hydrogens is 314 g/mol. The number of carbonyl (C=O) groups is 1. The van der Waals surface area contributed by atoms with Gasteiger partial charge in [-0.25, -0.2) is 0 Å². The van der Waals surface area contributed by atoms with Crippen molar-refractivity contribution >= 4 is 5.91 Å². The highest BCUT2D eigenvalue weighted by Gasteiger charge is 2.39. The quantitative estimate of drug-likeness (QED) is 0.888. The van der Waals surface area contributed by atoms with Crippen LogP contribution in [0.15, 0.2) is 24.3 Å². The molecule has 0 radical (unpaired) electrons. The fourth-order valence-electron chi connectivity index (χ4n) is 4.49. The van der Waals surface area contributed by atoms with Gasteiger partial charge in [-0.2, -0.15) is 0 Å². The fourth-order valence-corrected chi connectivity index (χ4v) is 4.49. The average molecular weight is 343 g/mol. The van der Waals surface area contributed by atoms with E-state index in [2.05, 4.69) is 0 Å². The smallest absolute Gasteiger partial charge is 0.257 e. The number of para-hydroxylation sites is 1. The maximum Gasteiger partial charge on any atom is 0.257 e. The Kier molecular flexibility index (Phi) is 4.98. The van der Waals surface area contributed by atoms with Gasteiger partial charge in [0.1, 0.15) is 5.75 Å². The van der Waals surface area contributed by atoms with Crippen LogP contribution < -0.4 is 4.74 Å². The molecule has 2 aliphatic carbocycles. The number of benzene rings is 1. The maximum absolute atomic E-state index is 13.3. The molecule has 136 valence electrons. The van der Waals surface area contributed by atoms with Crippen LogP contribution in [0.1, 0.15) is 61.7 Å². The van der Waals surface area contributed by atoms with Gasteiger partial charge < -0.3 is 14.7 Å². The molecule has 4 nitrogen and oxygen atoms in total. The summed E-state index contributed by atoms with van der Waals surface area (Å²) in [5.41, 5.74) is 0.681. The summed E-state index contributed by atoms with van der Waals surface area (Å²) >= 11 is 0. The Hall–Kier alpha value is -1.55. The summed E-state index contributed by atoms with van der Waals surface area (Å²) in [5.74, 6) is 1.70. The van der Waals surface area contributed by atoms with E-state index < -0.39 is 0 Å². The molecule has 1 heterocycles. The molecule has 1 saturated heterocycles.